The summed E-state index contributed by atoms with van der Waals surface area (Å²) in [5, 5.41) is 9.99. The van der Waals surface area contributed by atoms with Gasteiger partial charge in [0.15, 0.2) is 6.10 Å². The molecule has 110 valence electrons. The van der Waals surface area contributed by atoms with E-state index in [9.17, 15) is 9.90 Å². The van der Waals surface area contributed by atoms with Crippen LogP contribution in [0.5, 0.6) is 0 Å². The maximum absolute atomic E-state index is 11.8. The molecule has 1 unspecified atom stereocenters. The summed E-state index contributed by atoms with van der Waals surface area (Å²) in [6.07, 6.45) is 8.32. The highest BCUT2D eigenvalue weighted by Gasteiger charge is 2.28. The van der Waals surface area contributed by atoms with Crippen LogP contribution >= 0.6 is 0 Å². The smallest absolute Gasteiger partial charge is 0.335 e. The van der Waals surface area contributed by atoms with E-state index in [0.717, 1.165) is 45.3 Å². The normalized spacial score (nSPS) is 24.1. The number of carbonyl (C=O) groups excluding carboxylic acids is 1. The molecule has 1 aliphatic carbocycles. The molecule has 1 aliphatic heterocycles. The lowest BCUT2D eigenvalue weighted by molar-refractivity contribution is -0.157. The predicted octanol–water partition coefficient (Wildman–Crippen LogP) is 1.96. The van der Waals surface area contributed by atoms with Crippen molar-refractivity contribution in [1.82, 2.24) is 4.90 Å². The van der Waals surface area contributed by atoms with Gasteiger partial charge in [0.2, 0.25) is 0 Å². The number of hydrogen-bond acceptors (Lipinski definition) is 4. The van der Waals surface area contributed by atoms with Gasteiger partial charge in [-0.2, -0.15) is 0 Å². The first kappa shape index (κ1) is 14.8. The highest BCUT2D eigenvalue weighted by atomic mass is 16.5. The Morgan fingerprint density at radius 2 is 1.74 bits per heavy atom. The summed E-state index contributed by atoms with van der Waals surface area (Å²) in [7, 11) is 0. The largest absolute Gasteiger partial charge is 0.462 e. The molecule has 1 saturated carbocycles. The van der Waals surface area contributed by atoms with E-state index >= 15 is 0 Å². The van der Waals surface area contributed by atoms with E-state index in [2.05, 4.69) is 4.90 Å². The molecule has 2 rings (SSSR count). The molecule has 1 N–H and O–H groups in total. The van der Waals surface area contributed by atoms with Gasteiger partial charge in [-0.1, -0.05) is 25.7 Å². The van der Waals surface area contributed by atoms with Crippen LogP contribution in [0.25, 0.3) is 0 Å². The summed E-state index contributed by atoms with van der Waals surface area (Å²) in [5.74, 6) is -0.292. The quantitative estimate of drug-likeness (QED) is 0.775. The number of aliphatic hydroxyl groups excluding tert-OH is 1. The molecule has 1 saturated heterocycles. The average molecular weight is 269 g/mol. The minimum atomic E-state index is -0.901. The van der Waals surface area contributed by atoms with E-state index in [4.69, 9.17) is 4.74 Å². The summed E-state index contributed by atoms with van der Waals surface area (Å²) in [6.45, 7) is 3.46. The molecule has 4 heteroatoms. The summed E-state index contributed by atoms with van der Waals surface area (Å²) in [6, 6.07) is 0. The second-order valence-corrected chi connectivity index (χ2v) is 5.91. The second kappa shape index (κ2) is 7.85. The van der Waals surface area contributed by atoms with Crippen LogP contribution in [-0.2, 0) is 9.53 Å². The third-order valence-corrected chi connectivity index (χ3v) is 4.44. The molecular weight excluding hydrogens is 242 g/mol. The Morgan fingerprint density at radius 3 is 2.42 bits per heavy atom. The number of piperidine rings is 1. The molecule has 4 nitrogen and oxygen atoms in total. The van der Waals surface area contributed by atoms with Gasteiger partial charge in [-0.3, -0.25) is 4.90 Å². The zero-order valence-corrected chi connectivity index (χ0v) is 11.9. The number of aliphatic hydroxyl groups is 1. The number of nitrogens with zero attached hydrogens (tertiary/aromatic N) is 1. The van der Waals surface area contributed by atoms with Gasteiger partial charge >= 0.3 is 5.97 Å². The molecule has 1 atom stereocenters. The van der Waals surface area contributed by atoms with Crippen LogP contribution in [0.15, 0.2) is 0 Å². The lowest BCUT2D eigenvalue weighted by Crippen LogP contribution is -2.36. The summed E-state index contributed by atoms with van der Waals surface area (Å²) in [4.78, 5) is 14.1. The minimum Gasteiger partial charge on any atom is -0.462 e. The number of carbonyl (C=O) groups is 1. The van der Waals surface area contributed by atoms with Crippen LogP contribution in [0.4, 0.5) is 0 Å². The van der Waals surface area contributed by atoms with Crippen LogP contribution in [0.1, 0.15) is 51.4 Å². The van der Waals surface area contributed by atoms with Crippen LogP contribution < -0.4 is 0 Å². The van der Waals surface area contributed by atoms with Gasteiger partial charge in [-0.05, 0) is 44.7 Å². The fraction of sp³-hybridized carbons (Fsp3) is 0.933. The third-order valence-electron chi connectivity index (χ3n) is 4.44. The Kier molecular flexibility index (Phi) is 6.11. The van der Waals surface area contributed by atoms with Crippen molar-refractivity contribution >= 4 is 5.97 Å². The topological polar surface area (TPSA) is 49.8 Å². The van der Waals surface area contributed by atoms with Gasteiger partial charge in [0.05, 0.1) is 0 Å². The van der Waals surface area contributed by atoms with E-state index in [1.165, 1.54) is 25.7 Å². The fourth-order valence-corrected chi connectivity index (χ4v) is 3.19. The number of rotatable bonds is 5. The monoisotopic (exact) mass is 269 g/mol. The Bertz CT molecular complexity index is 271. The Hall–Kier alpha value is -0.610. The van der Waals surface area contributed by atoms with Gasteiger partial charge in [0.1, 0.15) is 6.61 Å². The maximum atomic E-state index is 11.8. The van der Waals surface area contributed by atoms with Crippen LogP contribution in [0, 0.1) is 5.92 Å². The molecule has 0 bridgehead atoms. The highest BCUT2D eigenvalue weighted by Crippen LogP contribution is 2.26. The zero-order chi connectivity index (χ0) is 13.5. The molecule has 0 aromatic carbocycles. The first-order valence-electron chi connectivity index (χ1n) is 7.84. The Morgan fingerprint density at radius 1 is 1.11 bits per heavy atom. The van der Waals surface area contributed by atoms with Gasteiger partial charge in [0.25, 0.3) is 0 Å². The fourth-order valence-electron chi connectivity index (χ4n) is 3.19. The van der Waals surface area contributed by atoms with Gasteiger partial charge < -0.3 is 9.84 Å². The molecular formula is C15H27NO3. The molecule has 0 spiro atoms. The SMILES string of the molecule is O=C(OCCN1CCCCC1)C(O)C1CCCCC1. The Labute approximate surface area is 116 Å². The van der Waals surface area contributed by atoms with Crippen molar-refractivity contribution in [2.75, 3.05) is 26.2 Å². The highest BCUT2D eigenvalue weighted by molar-refractivity contribution is 5.74. The van der Waals surface area contributed by atoms with Crippen LogP contribution in [0.2, 0.25) is 0 Å². The van der Waals surface area contributed by atoms with E-state index in [0.29, 0.717) is 6.61 Å². The first-order valence-corrected chi connectivity index (χ1v) is 7.84. The number of ether oxygens (including phenoxy) is 1. The molecule has 0 aromatic rings. The predicted molar refractivity (Wildman–Crippen MR) is 73.8 cm³/mol. The van der Waals surface area contributed by atoms with Crippen molar-refractivity contribution in [3.05, 3.63) is 0 Å². The lowest BCUT2D eigenvalue weighted by Gasteiger charge is -2.27. The molecule has 2 fully saturated rings. The lowest BCUT2D eigenvalue weighted by atomic mass is 9.85. The summed E-state index contributed by atoms with van der Waals surface area (Å²) < 4.78 is 5.23. The van der Waals surface area contributed by atoms with Crippen LogP contribution in [0.3, 0.4) is 0 Å². The molecule has 0 amide bonds. The zero-order valence-electron chi connectivity index (χ0n) is 11.9. The molecule has 2 aliphatic rings. The van der Waals surface area contributed by atoms with Crippen molar-refractivity contribution in [1.29, 1.82) is 0 Å². The van der Waals surface area contributed by atoms with Crippen molar-refractivity contribution < 1.29 is 14.6 Å². The van der Waals surface area contributed by atoms with Gasteiger partial charge in [0, 0.05) is 6.54 Å². The number of esters is 1. The first-order chi connectivity index (χ1) is 9.27. The maximum Gasteiger partial charge on any atom is 0.335 e. The van der Waals surface area contributed by atoms with Crippen molar-refractivity contribution in [2.45, 2.75) is 57.5 Å². The minimum absolute atomic E-state index is 0.122. The summed E-state index contributed by atoms with van der Waals surface area (Å²) in [5.41, 5.74) is 0. The molecule has 0 radical (unpaired) electrons. The summed E-state index contributed by atoms with van der Waals surface area (Å²) >= 11 is 0. The Balaban J connectivity index is 1.62. The van der Waals surface area contributed by atoms with E-state index in [1.54, 1.807) is 0 Å². The number of likely N-dealkylation sites (tertiary alicyclic amines) is 1. The van der Waals surface area contributed by atoms with E-state index < -0.39 is 12.1 Å². The van der Waals surface area contributed by atoms with Gasteiger partial charge in [-0.15, -0.1) is 0 Å². The average Bonchev–Trinajstić information content (AvgIpc) is 2.48. The van der Waals surface area contributed by atoms with Gasteiger partial charge in [-0.25, -0.2) is 4.79 Å². The molecule has 0 aromatic heterocycles. The third kappa shape index (κ3) is 4.77. The van der Waals surface area contributed by atoms with Crippen LogP contribution in [-0.4, -0.2) is 48.3 Å². The number of hydrogen-bond donors (Lipinski definition) is 1. The van der Waals surface area contributed by atoms with E-state index in [1.807, 2.05) is 0 Å². The van der Waals surface area contributed by atoms with Crippen molar-refractivity contribution in [2.24, 2.45) is 5.92 Å². The van der Waals surface area contributed by atoms with Crippen molar-refractivity contribution in [3.8, 4) is 0 Å². The molecule has 1 heterocycles. The standard InChI is InChI=1S/C15H27NO3/c17-14(13-7-3-1-4-8-13)15(18)19-12-11-16-9-5-2-6-10-16/h13-14,17H,1-12H2. The second-order valence-electron chi connectivity index (χ2n) is 5.91. The van der Waals surface area contributed by atoms with E-state index in [-0.39, 0.29) is 5.92 Å². The molecule has 19 heavy (non-hydrogen) atoms. The van der Waals surface area contributed by atoms with Crippen molar-refractivity contribution in [3.63, 3.8) is 0 Å².